The number of nitrogens with one attached hydrogen (secondary N) is 2. The van der Waals surface area contributed by atoms with E-state index in [1.165, 1.54) is 24.2 Å². The maximum absolute atomic E-state index is 12.7. The van der Waals surface area contributed by atoms with Gasteiger partial charge in [0.15, 0.2) is 5.13 Å². The minimum atomic E-state index is 0.277. The topological polar surface area (TPSA) is 106 Å². The SMILES string of the molecule is O=C(CCN1CCCC1)N1CCN(c2ccnc(Nc3nc4ccc(-c5cn[nH]c5)nc4s3)c2)CC1. The fourth-order valence-electron chi connectivity index (χ4n) is 4.85. The largest absolute Gasteiger partial charge is 0.368 e. The first-order valence-corrected chi connectivity index (χ1v) is 13.3. The summed E-state index contributed by atoms with van der Waals surface area (Å²) in [4.78, 5) is 34.1. The molecule has 2 aliphatic heterocycles. The summed E-state index contributed by atoms with van der Waals surface area (Å²) >= 11 is 1.50. The monoisotopic (exact) mass is 503 g/mol. The highest BCUT2D eigenvalue weighted by Gasteiger charge is 2.22. The molecule has 0 saturated carbocycles. The molecular formula is C25H29N9OS. The highest BCUT2D eigenvalue weighted by atomic mass is 32.1. The van der Waals surface area contributed by atoms with Crippen LogP contribution in [0.15, 0.2) is 42.9 Å². The second-order valence-electron chi connectivity index (χ2n) is 9.22. The molecule has 2 N–H and O–H groups in total. The van der Waals surface area contributed by atoms with Gasteiger partial charge >= 0.3 is 0 Å². The molecule has 2 saturated heterocycles. The predicted molar refractivity (Wildman–Crippen MR) is 142 cm³/mol. The second-order valence-corrected chi connectivity index (χ2v) is 10.2. The first-order valence-electron chi connectivity index (χ1n) is 12.5. The lowest BCUT2D eigenvalue weighted by molar-refractivity contribution is -0.131. The van der Waals surface area contributed by atoms with Gasteiger partial charge in [0.2, 0.25) is 5.91 Å². The number of H-pyrrole nitrogens is 1. The highest BCUT2D eigenvalue weighted by Crippen LogP contribution is 2.30. The third-order valence-electron chi connectivity index (χ3n) is 6.87. The number of piperazine rings is 1. The lowest BCUT2D eigenvalue weighted by Crippen LogP contribution is -2.49. The third-order valence-corrected chi connectivity index (χ3v) is 7.75. The Bertz CT molecular complexity index is 1320. The molecule has 10 nitrogen and oxygen atoms in total. The smallest absolute Gasteiger partial charge is 0.223 e. The Hall–Kier alpha value is -3.57. The number of thiazole rings is 1. The molecule has 0 atom stereocenters. The average Bonchev–Trinajstić information content (AvgIpc) is 3.69. The summed E-state index contributed by atoms with van der Waals surface area (Å²) < 4.78 is 0. The molecule has 0 radical (unpaired) electrons. The molecular weight excluding hydrogens is 474 g/mol. The molecule has 186 valence electrons. The van der Waals surface area contributed by atoms with Crippen LogP contribution in [0.3, 0.4) is 0 Å². The quantitative estimate of drug-likeness (QED) is 0.396. The molecule has 4 aromatic heterocycles. The van der Waals surface area contributed by atoms with E-state index < -0.39 is 0 Å². The zero-order valence-electron chi connectivity index (χ0n) is 20.1. The Morgan fingerprint density at radius 3 is 2.72 bits per heavy atom. The van der Waals surface area contributed by atoms with Crippen molar-refractivity contribution in [2.45, 2.75) is 19.3 Å². The summed E-state index contributed by atoms with van der Waals surface area (Å²) in [5, 5.41) is 10.9. The van der Waals surface area contributed by atoms with Crippen molar-refractivity contribution in [1.82, 2.24) is 34.9 Å². The fraction of sp³-hybridized carbons (Fsp3) is 0.400. The number of nitrogens with zero attached hydrogens (tertiary/aromatic N) is 7. The van der Waals surface area contributed by atoms with Gasteiger partial charge in [-0.3, -0.25) is 9.89 Å². The van der Waals surface area contributed by atoms with Crippen molar-refractivity contribution >= 4 is 44.2 Å². The predicted octanol–water partition coefficient (Wildman–Crippen LogP) is 3.35. The van der Waals surface area contributed by atoms with Gasteiger partial charge < -0.3 is 20.0 Å². The van der Waals surface area contributed by atoms with Gasteiger partial charge in [-0.15, -0.1) is 0 Å². The number of aromatic nitrogens is 5. The molecule has 2 aliphatic rings. The van der Waals surface area contributed by atoms with Crippen molar-refractivity contribution < 1.29 is 4.79 Å². The van der Waals surface area contributed by atoms with Gasteiger partial charge in [0.25, 0.3) is 0 Å². The van der Waals surface area contributed by atoms with E-state index in [1.807, 2.05) is 41.6 Å². The van der Waals surface area contributed by atoms with Crippen molar-refractivity contribution in [3.05, 3.63) is 42.9 Å². The summed E-state index contributed by atoms with van der Waals surface area (Å²) in [5.41, 5.74) is 3.75. The van der Waals surface area contributed by atoms with E-state index in [2.05, 4.69) is 35.3 Å². The van der Waals surface area contributed by atoms with E-state index in [0.717, 1.165) is 84.1 Å². The Morgan fingerprint density at radius 2 is 1.92 bits per heavy atom. The van der Waals surface area contributed by atoms with E-state index in [4.69, 9.17) is 4.98 Å². The molecule has 0 aliphatic carbocycles. The number of hydrogen-bond donors (Lipinski definition) is 2. The van der Waals surface area contributed by atoms with Crippen LogP contribution in [0.4, 0.5) is 16.6 Å². The molecule has 0 unspecified atom stereocenters. The van der Waals surface area contributed by atoms with Gasteiger partial charge in [0.05, 0.1) is 11.9 Å². The fourth-order valence-corrected chi connectivity index (χ4v) is 5.69. The molecule has 36 heavy (non-hydrogen) atoms. The van der Waals surface area contributed by atoms with Crippen molar-refractivity contribution in [2.75, 3.05) is 56.0 Å². The number of hydrogen-bond acceptors (Lipinski definition) is 9. The second kappa shape index (κ2) is 10.2. The Labute approximate surface area is 213 Å². The number of amides is 1. The maximum Gasteiger partial charge on any atom is 0.223 e. The van der Waals surface area contributed by atoms with Gasteiger partial charge in [-0.05, 0) is 44.1 Å². The molecule has 6 rings (SSSR count). The minimum absolute atomic E-state index is 0.277. The molecule has 0 spiro atoms. The Kier molecular flexibility index (Phi) is 6.48. The van der Waals surface area contributed by atoms with E-state index in [-0.39, 0.29) is 5.91 Å². The van der Waals surface area contributed by atoms with Crippen LogP contribution in [0.2, 0.25) is 0 Å². The molecule has 11 heteroatoms. The third kappa shape index (κ3) is 5.02. The van der Waals surface area contributed by atoms with E-state index in [0.29, 0.717) is 6.42 Å². The van der Waals surface area contributed by atoms with Gasteiger partial charge in [0.1, 0.15) is 16.2 Å². The van der Waals surface area contributed by atoms with E-state index in [9.17, 15) is 4.79 Å². The van der Waals surface area contributed by atoms with Crippen LogP contribution < -0.4 is 10.2 Å². The van der Waals surface area contributed by atoms with Crippen LogP contribution in [-0.4, -0.2) is 86.7 Å². The molecule has 1 amide bonds. The lowest BCUT2D eigenvalue weighted by atomic mass is 10.2. The lowest BCUT2D eigenvalue weighted by Gasteiger charge is -2.36. The number of carbonyl (C=O) groups excluding carboxylic acids is 1. The zero-order chi connectivity index (χ0) is 24.3. The number of carbonyl (C=O) groups is 1. The average molecular weight is 504 g/mol. The minimum Gasteiger partial charge on any atom is -0.368 e. The summed E-state index contributed by atoms with van der Waals surface area (Å²) in [6, 6.07) is 7.99. The van der Waals surface area contributed by atoms with Crippen LogP contribution >= 0.6 is 11.3 Å². The van der Waals surface area contributed by atoms with Crippen molar-refractivity contribution in [2.24, 2.45) is 0 Å². The number of aromatic amines is 1. The van der Waals surface area contributed by atoms with Crippen LogP contribution in [0.1, 0.15) is 19.3 Å². The van der Waals surface area contributed by atoms with E-state index in [1.54, 1.807) is 6.20 Å². The molecule has 6 heterocycles. The Morgan fingerprint density at radius 1 is 1.06 bits per heavy atom. The van der Waals surface area contributed by atoms with Crippen molar-refractivity contribution in [1.29, 1.82) is 0 Å². The molecule has 0 aromatic carbocycles. The number of likely N-dealkylation sites (tertiary alicyclic amines) is 1. The van der Waals surface area contributed by atoms with E-state index >= 15 is 0 Å². The Balaban J connectivity index is 1.07. The van der Waals surface area contributed by atoms with Crippen LogP contribution in [0, 0.1) is 0 Å². The highest BCUT2D eigenvalue weighted by molar-refractivity contribution is 7.21. The summed E-state index contributed by atoms with van der Waals surface area (Å²) in [6.45, 7) is 6.32. The zero-order valence-corrected chi connectivity index (χ0v) is 20.9. The number of rotatable bonds is 7. The summed E-state index contributed by atoms with van der Waals surface area (Å²) in [6.07, 6.45) is 8.55. The normalized spacial score (nSPS) is 16.7. The number of fused-ring (bicyclic) bond motifs is 1. The number of anilines is 3. The van der Waals surface area contributed by atoms with Crippen molar-refractivity contribution in [3.8, 4) is 11.3 Å². The number of pyridine rings is 2. The van der Waals surface area contributed by atoms with Crippen LogP contribution in [-0.2, 0) is 4.79 Å². The van der Waals surface area contributed by atoms with Gasteiger partial charge in [-0.1, -0.05) is 11.3 Å². The maximum atomic E-state index is 12.7. The molecule has 2 fully saturated rings. The van der Waals surface area contributed by atoms with Gasteiger partial charge in [-0.25, -0.2) is 15.0 Å². The standard InChI is InChI=1S/C25H29N9OS/c35-23(6-10-32-8-1-2-9-32)34-13-11-33(12-14-34)19-5-7-26-22(15-19)31-25-30-21-4-3-20(29-24(21)36-25)18-16-27-28-17-18/h3-5,7,15-17H,1-2,6,8-14H2,(H,27,28)(H,26,30,31). The summed E-state index contributed by atoms with van der Waals surface area (Å²) in [7, 11) is 0. The van der Waals surface area contributed by atoms with Crippen LogP contribution in [0.25, 0.3) is 21.6 Å². The molecule has 0 bridgehead atoms. The van der Waals surface area contributed by atoms with Crippen molar-refractivity contribution in [3.63, 3.8) is 0 Å². The first kappa shape index (κ1) is 22.9. The van der Waals surface area contributed by atoms with Crippen LogP contribution in [0.5, 0.6) is 0 Å². The van der Waals surface area contributed by atoms with Gasteiger partial charge in [0, 0.05) is 68.9 Å². The van der Waals surface area contributed by atoms with Gasteiger partial charge in [-0.2, -0.15) is 5.10 Å². The molecule has 4 aromatic rings. The summed E-state index contributed by atoms with van der Waals surface area (Å²) in [5.74, 6) is 1.02. The first-order chi connectivity index (χ1) is 17.7.